The van der Waals surface area contributed by atoms with E-state index in [1.807, 2.05) is 30.3 Å². The SMILES string of the molecule is O=c1nc(NCc2ccccc2)c2cncnc2n1O. The highest BCUT2D eigenvalue weighted by molar-refractivity contribution is 5.85. The first-order chi connectivity index (χ1) is 9.75. The summed E-state index contributed by atoms with van der Waals surface area (Å²) in [5.74, 6) is 0.347. The summed E-state index contributed by atoms with van der Waals surface area (Å²) >= 11 is 0. The van der Waals surface area contributed by atoms with Crippen LogP contribution in [0.4, 0.5) is 5.82 Å². The van der Waals surface area contributed by atoms with Gasteiger partial charge in [-0.2, -0.15) is 4.98 Å². The third-order valence-corrected chi connectivity index (χ3v) is 2.84. The number of benzene rings is 1. The summed E-state index contributed by atoms with van der Waals surface area (Å²) in [5, 5.41) is 13.1. The Labute approximate surface area is 113 Å². The normalized spacial score (nSPS) is 10.6. The van der Waals surface area contributed by atoms with Crippen LogP contribution in [0.2, 0.25) is 0 Å². The van der Waals surface area contributed by atoms with Crippen LogP contribution in [-0.2, 0) is 6.54 Å². The van der Waals surface area contributed by atoms with Gasteiger partial charge in [0.2, 0.25) is 0 Å². The molecule has 0 saturated heterocycles. The van der Waals surface area contributed by atoms with E-state index in [9.17, 15) is 10.0 Å². The second-order valence-electron chi connectivity index (χ2n) is 4.15. The quantitative estimate of drug-likeness (QED) is 0.690. The summed E-state index contributed by atoms with van der Waals surface area (Å²) in [5.41, 5.74) is 0.384. The first-order valence-electron chi connectivity index (χ1n) is 5.95. The number of anilines is 1. The summed E-state index contributed by atoms with van der Waals surface area (Å²) in [6.07, 6.45) is 2.75. The molecule has 2 aromatic heterocycles. The lowest BCUT2D eigenvalue weighted by atomic mass is 10.2. The number of rotatable bonds is 3. The Hall–Kier alpha value is -2.96. The van der Waals surface area contributed by atoms with Gasteiger partial charge in [-0.15, -0.1) is 4.73 Å². The Morgan fingerprint density at radius 1 is 1.25 bits per heavy atom. The zero-order valence-corrected chi connectivity index (χ0v) is 10.4. The maximum absolute atomic E-state index is 11.6. The number of nitrogens with zero attached hydrogens (tertiary/aromatic N) is 4. The van der Waals surface area contributed by atoms with E-state index in [1.165, 1.54) is 12.5 Å². The van der Waals surface area contributed by atoms with Crippen LogP contribution >= 0.6 is 0 Å². The van der Waals surface area contributed by atoms with Gasteiger partial charge in [0.15, 0.2) is 5.65 Å². The molecule has 0 amide bonds. The summed E-state index contributed by atoms with van der Waals surface area (Å²) in [6, 6.07) is 9.70. The van der Waals surface area contributed by atoms with Crippen LogP contribution in [0, 0.1) is 0 Å². The van der Waals surface area contributed by atoms with E-state index in [0.717, 1.165) is 5.56 Å². The van der Waals surface area contributed by atoms with E-state index < -0.39 is 5.69 Å². The Morgan fingerprint density at radius 3 is 2.85 bits per heavy atom. The molecule has 0 saturated carbocycles. The smallest absolute Gasteiger partial charge is 0.384 e. The minimum absolute atomic E-state index is 0.121. The number of fused-ring (bicyclic) bond motifs is 1. The van der Waals surface area contributed by atoms with Gasteiger partial charge < -0.3 is 10.5 Å². The minimum atomic E-state index is -0.785. The second kappa shape index (κ2) is 4.96. The molecule has 3 rings (SSSR count). The Bertz CT molecular complexity index is 801. The van der Waals surface area contributed by atoms with Gasteiger partial charge in [-0.25, -0.2) is 14.8 Å². The molecule has 1 aromatic carbocycles. The average molecular weight is 269 g/mol. The molecule has 7 heteroatoms. The van der Waals surface area contributed by atoms with E-state index in [4.69, 9.17) is 0 Å². The third kappa shape index (κ3) is 2.16. The van der Waals surface area contributed by atoms with Crippen LogP contribution < -0.4 is 11.0 Å². The summed E-state index contributed by atoms with van der Waals surface area (Å²) in [6.45, 7) is 0.507. The largest absolute Gasteiger partial charge is 0.422 e. The van der Waals surface area contributed by atoms with Crippen molar-refractivity contribution >= 4 is 16.9 Å². The van der Waals surface area contributed by atoms with E-state index in [-0.39, 0.29) is 5.65 Å². The van der Waals surface area contributed by atoms with E-state index in [0.29, 0.717) is 22.5 Å². The Morgan fingerprint density at radius 2 is 2.05 bits per heavy atom. The molecule has 0 aliphatic carbocycles. The summed E-state index contributed by atoms with van der Waals surface area (Å²) in [4.78, 5) is 23.1. The van der Waals surface area contributed by atoms with E-state index in [2.05, 4.69) is 20.3 Å². The summed E-state index contributed by atoms with van der Waals surface area (Å²) < 4.78 is 0.407. The molecule has 0 bridgehead atoms. The van der Waals surface area contributed by atoms with Crippen molar-refractivity contribution in [2.75, 3.05) is 5.32 Å². The molecule has 0 aliphatic heterocycles. The number of nitrogens with one attached hydrogen (secondary N) is 1. The van der Waals surface area contributed by atoms with Gasteiger partial charge in [0.05, 0.1) is 5.39 Å². The van der Waals surface area contributed by atoms with Crippen LogP contribution in [0.15, 0.2) is 47.7 Å². The number of hydrogen-bond acceptors (Lipinski definition) is 6. The van der Waals surface area contributed by atoms with E-state index in [1.54, 1.807) is 0 Å². The maximum atomic E-state index is 11.6. The van der Waals surface area contributed by atoms with Crippen molar-refractivity contribution < 1.29 is 5.21 Å². The molecule has 0 aliphatic rings. The van der Waals surface area contributed by atoms with Crippen LogP contribution in [0.5, 0.6) is 0 Å². The fourth-order valence-corrected chi connectivity index (χ4v) is 1.87. The fraction of sp³-hybridized carbons (Fsp3) is 0.0769. The molecule has 7 nitrogen and oxygen atoms in total. The van der Waals surface area contributed by atoms with Crippen LogP contribution in [0.3, 0.4) is 0 Å². The number of aromatic nitrogens is 4. The zero-order valence-electron chi connectivity index (χ0n) is 10.4. The molecule has 20 heavy (non-hydrogen) atoms. The molecular weight excluding hydrogens is 258 g/mol. The van der Waals surface area contributed by atoms with Gasteiger partial charge in [0.25, 0.3) is 0 Å². The standard InChI is InChI=1S/C13H11N5O2/c19-13-17-11(15-6-9-4-2-1-3-5-9)10-7-14-8-16-12(10)18(13)20/h1-5,7-8,20H,6H2,(H,15,17,19). The molecule has 0 atom stereocenters. The first-order valence-corrected chi connectivity index (χ1v) is 5.95. The molecule has 2 heterocycles. The highest BCUT2D eigenvalue weighted by atomic mass is 16.5. The van der Waals surface area contributed by atoms with Gasteiger partial charge in [-0.05, 0) is 5.56 Å². The minimum Gasteiger partial charge on any atom is -0.422 e. The zero-order chi connectivity index (χ0) is 13.9. The van der Waals surface area contributed by atoms with Crippen LogP contribution in [-0.4, -0.2) is 24.9 Å². The molecule has 100 valence electrons. The molecule has 0 spiro atoms. The van der Waals surface area contributed by atoms with E-state index >= 15 is 0 Å². The van der Waals surface area contributed by atoms with Crippen molar-refractivity contribution in [2.24, 2.45) is 0 Å². The lowest BCUT2D eigenvalue weighted by Gasteiger charge is -2.08. The molecular formula is C13H11N5O2. The predicted octanol–water partition coefficient (Wildman–Crippen LogP) is 1.04. The van der Waals surface area contributed by atoms with Gasteiger partial charge in [-0.1, -0.05) is 30.3 Å². The molecule has 2 N–H and O–H groups in total. The Kier molecular flexibility index (Phi) is 3.00. The molecule has 0 unspecified atom stereocenters. The van der Waals surface area contributed by atoms with Gasteiger partial charge in [0, 0.05) is 12.7 Å². The highest BCUT2D eigenvalue weighted by Crippen LogP contribution is 2.16. The van der Waals surface area contributed by atoms with Crippen LogP contribution in [0.1, 0.15) is 5.56 Å². The van der Waals surface area contributed by atoms with Crippen molar-refractivity contribution in [3.63, 3.8) is 0 Å². The van der Waals surface area contributed by atoms with Crippen molar-refractivity contribution in [1.29, 1.82) is 0 Å². The van der Waals surface area contributed by atoms with Crippen molar-refractivity contribution in [2.45, 2.75) is 6.54 Å². The average Bonchev–Trinajstić information content (AvgIpc) is 2.50. The number of hydrogen-bond donors (Lipinski definition) is 2. The predicted molar refractivity (Wildman–Crippen MR) is 72.5 cm³/mol. The van der Waals surface area contributed by atoms with Gasteiger partial charge >= 0.3 is 5.69 Å². The van der Waals surface area contributed by atoms with Crippen molar-refractivity contribution in [3.8, 4) is 0 Å². The lowest BCUT2D eigenvalue weighted by Crippen LogP contribution is -2.23. The lowest BCUT2D eigenvalue weighted by molar-refractivity contribution is 0.182. The first kappa shape index (κ1) is 12.1. The monoisotopic (exact) mass is 269 g/mol. The van der Waals surface area contributed by atoms with Crippen molar-refractivity contribution in [1.82, 2.24) is 19.7 Å². The van der Waals surface area contributed by atoms with Crippen molar-refractivity contribution in [3.05, 3.63) is 58.9 Å². The Balaban J connectivity index is 2.00. The van der Waals surface area contributed by atoms with Gasteiger partial charge in [-0.3, -0.25) is 0 Å². The fourth-order valence-electron chi connectivity index (χ4n) is 1.87. The molecule has 0 fully saturated rings. The molecule has 3 aromatic rings. The third-order valence-electron chi connectivity index (χ3n) is 2.84. The highest BCUT2D eigenvalue weighted by Gasteiger charge is 2.10. The second-order valence-corrected chi connectivity index (χ2v) is 4.15. The van der Waals surface area contributed by atoms with Gasteiger partial charge in [0.1, 0.15) is 12.1 Å². The summed E-state index contributed by atoms with van der Waals surface area (Å²) in [7, 11) is 0. The topological polar surface area (TPSA) is 92.9 Å². The molecule has 0 radical (unpaired) electrons. The maximum Gasteiger partial charge on any atom is 0.384 e. The van der Waals surface area contributed by atoms with Crippen LogP contribution in [0.25, 0.3) is 11.0 Å².